The summed E-state index contributed by atoms with van der Waals surface area (Å²) in [4.78, 5) is 22.8. The first kappa shape index (κ1) is 14.1. The molecule has 0 heterocycles. The highest BCUT2D eigenvalue weighted by Crippen LogP contribution is 2.07. The molecule has 0 radical (unpaired) electrons. The fraction of sp³-hybridized carbons (Fsp3) is 0.286. The third kappa shape index (κ3) is 4.14. The van der Waals surface area contributed by atoms with Crippen LogP contribution in [0.5, 0.6) is 0 Å². The Morgan fingerprint density at radius 2 is 1.94 bits per heavy atom. The largest absolute Gasteiger partial charge is 0.460 e. The molecule has 0 bridgehead atoms. The molecular weight excluding hydrogens is 230 g/mol. The van der Waals surface area contributed by atoms with E-state index in [9.17, 15) is 9.59 Å². The number of Topliss-reactive ketones (excluding diaryl/α,β-unsaturated/α-hetero) is 1. The average molecular weight is 247 g/mol. The smallest absolute Gasteiger partial charge is 0.379 e. The number of hydrogen-bond acceptors (Lipinski definition) is 4. The highest BCUT2D eigenvalue weighted by molar-refractivity contribution is 6.40. The molecule has 0 atom stereocenters. The summed E-state index contributed by atoms with van der Waals surface area (Å²) in [7, 11) is 1.87. The van der Waals surface area contributed by atoms with Gasteiger partial charge in [-0.15, -0.1) is 0 Å². The van der Waals surface area contributed by atoms with Gasteiger partial charge in [0.05, 0.1) is 6.61 Å². The average Bonchev–Trinajstić information content (AvgIpc) is 2.39. The maximum Gasteiger partial charge on any atom is 0.379 e. The van der Waals surface area contributed by atoms with Crippen LogP contribution in [0.25, 0.3) is 6.08 Å². The molecule has 4 heteroatoms. The summed E-state index contributed by atoms with van der Waals surface area (Å²) in [6, 6.07) is 6.83. The van der Waals surface area contributed by atoms with Gasteiger partial charge in [0.2, 0.25) is 0 Å². The van der Waals surface area contributed by atoms with Crippen LogP contribution < -0.4 is 5.32 Å². The summed E-state index contributed by atoms with van der Waals surface area (Å²) in [5.41, 5.74) is 1.32. The van der Waals surface area contributed by atoms with Crippen LogP contribution in [-0.2, 0) is 9.53 Å². The molecule has 0 spiro atoms. The zero-order valence-corrected chi connectivity index (χ0v) is 10.6. The van der Waals surface area contributed by atoms with Gasteiger partial charge < -0.3 is 10.1 Å². The summed E-state index contributed by atoms with van der Waals surface area (Å²) in [6.45, 7) is 2.65. The number of carbonyl (C=O) groups is 2. The highest BCUT2D eigenvalue weighted by atomic mass is 16.5. The van der Waals surface area contributed by atoms with Crippen LogP contribution in [0, 0.1) is 0 Å². The van der Waals surface area contributed by atoms with Crippen molar-refractivity contribution in [2.24, 2.45) is 0 Å². The van der Waals surface area contributed by atoms with Crippen molar-refractivity contribution in [3.8, 4) is 0 Å². The van der Waals surface area contributed by atoms with E-state index in [0.29, 0.717) is 5.56 Å². The number of hydrogen-bond donors (Lipinski definition) is 1. The minimum atomic E-state index is -0.809. The van der Waals surface area contributed by atoms with Crippen molar-refractivity contribution in [2.45, 2.75) is 6.92 Å². The third-order valence-corrected chi connectivity index (χ3v) is 2.27. The van der Waals surface area contributed by atoms with E-state index in [1.807, 2.05) is 19.2 Å². The van der Waals surface area contributed by atoms with Gasteiger partial charge in [-0.3, -0.25) is 4.79 Å². The van der Waals surface area contributed by atoms with E-state index in [2.05, 4.69) is 10.1 Å². The first-order chi connectivity index (χ1) is 8.69. The van der Waals surface area contributed by atoms with Gasteiger partial charge in [-0.05, 0) is 19.5 Å². The SMILES string of the molecule is CCOC(=O)C(=O)c1ccc(C=CCNC)cc1. The molecule has 0 saturated carbocycles. The Hall–Kier alpha value is -1.94. The minimum absolute atomic E-state index is 0.204. The number of ketones is 1. The second kappa shape index (κ2) is 7.40. The molecule has 0 saturated heterocycles. The molecule has 1 aromatic rings. The van der Waals surface area contributed by atoms with Crippen LogP contribution in [0.4, 0.5) is 0 Å². The first-order valence-corrected chi connectivity index (χ1v) is 5.81. The fourth-order valence-corrected chi connectivity index (χ4v) is 1.37. The van der Waals surface area contributed by atoms with Gasteiger partial charge in [0, 0.05) is 12.1 Å². The molecule has 1 aromatic carbocycles. The number of rotatable bonds is 6. The summed E-state index contributed by atoms with van der Waals surface area (Å²) >= 11 is 0. The minimum Gasteiger partial charge on any atom is -0.460 e. The molecule has 0 aliphatic heterocycles. The van der Waals surface area contributed by atoms with Crippen molar-refractivity contribution in [1.29, 1.82) is 0 Å². The monoisotopic (exact) mass is 247 g/mol. The van der Waals surface area contributed by atoms with Crippen LogP contribution in [0.3, 0.4) is 0 Å². The Labute approximate surface area is 107 Å². The molecule has 0 aromatic heterocycles. The highest BCUT2D eigenvalue weighted by Gasteiger charge is 2.16. The van der Waals surface area contributed by atoms with Crippen molar-refractivity contribution in [2.75, 3.05) is 20.2 Å². The lowest BCUT2D eigenvalue weighted by atomic mass is 10.1. The van der Waals surface area contributed by atoms with E-state index < -0.39 is 11.8 Å². The van der Waals surface area contributed by atoms with Gasteiger partial charge in [0.1, 0.15) is 0 Å². The van der Waals surface area contributed by atoms with Gasteiger partial charge in [0.25, 0.3) is 5.78 Å². The molecule has 0 aliphatic carbocycles. The second-order valence-corrected chi connectivity index (χ2v) is 3.63. The number of esters is 1. The zero-order valence-electron chi connectivity index (χ0n) is 10.6. The normalized spacial score (nSPS) is 10.6. The van der Waals surface area contributed by atoms with Gasteiger partial charge in [-0.25, -0.2) is 4.79 Å². The molecular formula is C14H17NO3. The molecule has 0 aliphatic rings. The van der Waals surface area contributed by atoms with E-state index in [1.54, 1.807) is 31.2 Å². The first-order valence-electron chi connectivity index (χ1n) is 5.81. The topological polar surface area (TPSA) is 55.4 Å². The number of benzene rings is 1. The summed E-state index contributed by atoms with van der Waals surface area (Å²) in [5, 5.41) is 2.99. The van der Waals surface area contributed by atoms with Crippen molar-refractivity contribution in [1.82, 2.24) is 5.32 Å². The lowest BCUT2D eigenvalue weighted by molar-refractivity contribution is -0.137. The molecule has 0 fully saturated rings. The zero-order chi connectivity index (χ0) is 13.4. The Morgan fingerprint density at radius 1 is 1.28 bits per heavy atom. The van der Waals surface area contributed by atoms with Gasteiger partial charge in [-0.1, -0.05) is 36.4 Å². The molecule has 1 rings (SSSR count). The van der Waals surface area contributed by atoms with Crippen LogP contribution in [0.1, 0.15) is 22.8 Å². The molecule has 18 heavy (non-hydrogen) atoms. The van der Waals surface area contributed by atoms with Crippen molar-refractivity contribution in [3.63, 3.8) is 0 Å². The van der Waals surface area contributed by atoms with E-state index in [1.165, 1.54) is 0 Å². The van der Waals surface area contributed by atoms with Gasteiger partial charge in [0.15, 0.2) is 0 Å². The van der Waals surface area contributed by atoms with E-state index in [4.69, 9.17) is 0 Å². The van der Waals surface area contributed by atoms with E-state index >= 15 is 0 Å². The van der Waals surface area contributed by atoms with E-state index in [0.717, 1.165) is 12.1 Å². The summed E-state index contributed by atoms with van der Waals surface area (Å²) in [6.07, 6.45) is 3.91. The predicted molar refractivity (Wildman–Crippen MR) is 70.4 cm³/mol. The van der Waals surface area contributed by atoms with Crippen molar-refractivity contribution in [3.05, 3.63) is 41.5 Å². The molecule has 96 valence electrons. The maximum atomic E-state index is 11.6. The van der Waals surface area contributed by atoms with Gasteiger partial charge >= 0.3 is 5.97 Å². The van der Waals surface area contributed by atoms with Crippen molar-refractivity contribution >= 4 is 17.8 Å². The number of likely N-dealkylation sites (N-methyl/N-ethyl adjacent to an activating group) is 1. The summed E-state index contributed by atoms with van der Waals surface area (Å²) < 4.78 is 4.66. The maximum absolute atomic E-state index is 11.6. The predicted octanol–water partition coefficient (Wildman–Crippen LogP) is 1.67. The lowest BCUT2D eigenvalue weighted by Crippen LogP contribution is -2.17. The van der Waals surface area contributed by atoms with Crippen LogP contribution in [-0.4, -0.2) is 32.0 Å². The molecule has 0 unspecified atom stereocenters. The quantitative estimate of drug-likeness (QED) is 0.472. The van der Waals surface area contributed by atoms with Crippen LogP contribution in [0.2, 0.25) is 0 Å². The molecule has 0 amide bonds. The Morgan fingerprint density at radius 3 is 2.50 bits per heavy atom. The Bertz CT molecular complexity index is 435. The summed E-state index contributed by atoms with van der Waals surface area (Å²) in [5.74, 6) is -1.42. The Kier molecular flexibility index (Phi) is 5.80. The molecule has 1 N–H and O–H groups in total. The standard InChI is InChI=1S/C14H17NO3/c1-3-18-14(17)13(16)12-8-6-11(7-9-12)5-4-10-15-2/h4-9,15H,3,10H2,1-2H3. The second-order valence-electron chi connectivity index (χ2n) is 3.63. The fourth-order valence-electron chi connectivity index (χ4n) is 1.37. The van der Waals surface area contributed by atoms with Crippen LogP contribution in [0.15, 0.2) is 30.3 Å². The third-order valence-electron chi connectivity index (χ3n) is 2.27. The number of nitrogens with one attached hydrogen (secondary N) is 1. The van der Waals surface area contributed by atoms with E-state index in [-0.39, 0.29) is 6.61 Å². The van der Waals surface area contributed by atoms with Crippen LogP contribution >= 0.6 is 0 Å². The lowest BCUT2D eigenvalue weighted by Gasteiger charge is -2.01. The van der Waals surface area contributed by atoms with Crippen molar-refractivity contribution < 1.29 is 14.3 Å². The molecule has 4 nitrogen and oxygen atoms in total. The van der Waals surface area contributed by atoms with Gasteiger partial charge in [-0.2, -0.15) is 0 Å². The number of ether oxygens (including phenoxy) is 1. The number of carbonyl (C=O) groups excluding carboxylic acids is 2. The Balaban J connectivity index is 2.70.